The Morgan fingerprint density at radius 3 is 2.25 bits per heavy atom. The van der Waals surface area contributed by atoms with Crippen molar-refractivity contribution in [2.45, 2.75) is 20.8 Å². The summed E-state index contributed by atoms with van der Waals surface area (Å²) in [4.78, 5) is 0. The van der Waals surface area contributed by atoms with E-state index in [0.29, 0.717) is 0 Å². The number of nitrogens with zero attached hydrogens (tertiary/aromatic N) is 1. The molecule has 0 saturated heterocycles. The van der Waals surface area contributed by atoms with Crippen molar-refractivity contribution in [2.24, 2.45) is 5.10 Å². The van der Waals surface area contributed by atoms with Crippen LogP contribution in [0.15, 0.2) is 5.10 Å². The van der Waals surface area contributed by atoms with Gasteiger partial charge in [-0.3, -0.25) is 0 Å². The standard InChI is InChI=1S/C3H7N3.C2H6/c1-3-2-4-6-5-3;1-2/h4,6H,2H2,1H3;1-2H3. The molecule has 0 radical (unpaired) electrons. The zero-order valence-electron chi connectivity index (χ0n) is 5.65. The smallest absolute Gasteiger partial charge is 0.0563 e. The Hall–Kier alpha value is -0.570. The minimum Gasteiger partial charge on any atom is -0.243 e. The van der Waals surface area contributed by atoms with E-state index in [9.17, 15) is 0 Å². The molecule has 1 aliphatic rings. The van der Waals surface area contributed by atoms with E-state index in [-0.39, 0.29) is 0 Å². The molecule has 48 valence electrons. The van der Waals surface area contributed by atoms with E-state index in [2.05, 4.69) is 16.1 Å². The molecule has 3 heteroatoms. The summed E-state index contributed by atoms with van der Waals surface area (Å²) in [6, 6.07) is 0. The molecule has 8 heavy (non-hydrogen) atoms. The second-order valence-electron chi connectivity index (χ2n) is 1.31. The van der Waals surface area contributed by atoms with Crippen LogP contribution in [0.3, 0.4) is 0 Å². The van der Waals surface area contributed by atoms with Crippen molar-refractivity contribution in [3.63, 3.8) is 0 Å². The first-order valence-corrected chi connectivity index (χ1v) is 2.90. The molecular weight excluding hydrogens is 102 g/mol. The molecule has 0 aromatic rings. The number of hydrazone groups is 1. The normalized spacial score (nSPS) is 15.6. The molecule has 1 heterocycles. The van der Waals surface area contributed by atoms with Gasteiger partial charge in [0.2, 0.25) is 0 Å². The Kier molecular flexibility index (Phi) is 4.26. The van der Waals surface area contributed by atoms with Gasteiger partial charge in [0.1, 0.15) is 0 Å². The second kappa shape index (κ2) is 4.59. The van der Waals surface area contributed by atoms with Crippen LogP contribution in [0.1, 0.15) is 20.8 Å². The first kappa shape index (κ1) is 7.43. The van der Waals surface area contributed by atoms with Gasteiger partial charge in [-0.15, -0.1) is 0 Å². The fourth-order valence-corrected chi connectivity index (χ4v) is 0.342. The molecule has 0 amide bonds. The third-order valence-corrected chi connectivity index (χ3v) is 0.670. The summed E-state index contributed by atoms with van der Waals surface area (Å²) in [6.45, 7) is 6.84. The minimum absolute atomic E-state index is 0.875. The van der Waals surface area contributed by atoms with Gasteiger partial charge in [0, 0.05) is 0 Å². The third-order valence-electron chi connectivity index (χ3n) is 0.670. The molecule has 0 unspecified atom stereocenters. The average molecular weight is 115 g/mol. The van der Waals surface area contributed by atoms with Gasteiger partial charge in [0.05, 0.1) is 12.3 Å². The van der Waals surface area contributed by atoms with Crippen molar-refractivity contribution < 1.29 is 0 Å². The number of hydrogen-bond donors (Lipinski definition) is 2. The molecule has 1 aliphatic heterocycles. The maximum Gasteiger partial charge on any atom is 0.0563 e. The van der Waals surface area contributed by atoms with Gasteiger partial charge < -0.3 is 0 Å². The minimum atomic E-state index is 0.875. The fraction of sp³-hybridized carbons (Fsp3) is 0.800. The van der Waals surface area contributed by atoms with Crippen LogP contribution in [-0.4, -0.2) is 12.3 Å². The lowest BCUT2D eigenvalue weighted by Crippen LogP contribution is -2.21. The molecule has 1 rings (SSSR count). The molecule has 0 bridgehead atoms. The van der Waals surface area contributed by atoms with E-state index < -0.39 is 0 Å². The number of hydrogen-bond acceptors (Lipinski definition) is 3. The molecule has 0 saturated carbocycles. The van der Waals surface area contributed by atoms with E-state index in [1.165, 1.54) is 0 Å². The molecule has 0 aromatic heterocycles. The molecule has 0 aromatic carbocycles. The Labute approximate surface area is 50.1 Å². The summed E-state index contributed by atoms with van der Waals surface area (Å²) in [6.07, 6.45) is 0. The van der Waals surface area contributed by atoms with Crippen molar-refractivity contribution in [2.75, 3.05) is 6.54 Å². The topological polar surface area (TPSA) is 36.4 Å². The maximum atomic E-state index is 3.79. The predicted molar refractivity (Wildman–Crippen MR) is 35.6 cm³/mol. The highest BCUT2D eigenvalue weighted by molar-refractivity contribution is 5.84. The quantitative estimate of drug-likeness (QED) is 0.482. The monoisotopic (exact) mass is 115 g/mol. The Balaban J connectivity index is 0.000000222. The molecule has 0 atom stereocenters. The molecular formula is C5H13N3. The Morgan fingerprint density at radius 2 is 2.12 bits per heavy atom. The molecule has 0 spiro atoms. The highest BCUT2D eigenvalue weighted by atomic mass is 15.6. The van der Waals surface area contributed by atoms with Gasteiger partial charge in [-0.1, -0.05) is 13.8 Å². The van der Waals surface area contributed by atoms with Crippen molar-refractivity contribution in [3.8, 4) is 0 Å². The van der Waals surface area contributed by atoms with E-state index in [1.54, 1.807) is 0 Å². The van der Waals surface area contributed by atoms with Gasteiger partial charge in [-0.25, -0.2) is 11.0 Å². The van der Waals surface area contributed by atoms with E-state index in [4.69, 9.17) is 0 Å². The first-order valence-electron chi connectivity index (χ1n) is 2.90. The summed E-state index contributed by atoms with van der Waals surface area (Å²) in [7, 11) is 0. The largest absolute Gasteiger partial charge is 0.243 e. The van der Waals surface area contributed by atoms with Crippen molar-refractivity contribution in [3.05, 3.63) is 0 Å². The van der Waals surface area contributed by atoms with Gasteiger partial charge in [0.15, 0.2) is 0 Å². The van der Waals surface area contributed by atoms with Crippen LogP contribution in [-0.2, 0) is 0 Å². The van der Waals surface area contributed by atoms with Gasteiger partial charge >= 0.3 is 0 Å². The van der Waals surface area contributed by atoms with Gasteiger partial charge in [-0.05, 0) is 6.92 Å². The lowest BCUT2D eigenvalue weighted by atomic mass is 10.4. The van der Waals surface area contributed by atoms with E-state index in [1.807, 2.05) is 20.8 Å². The predicted octanol–water partition coefficient (Wildman–Crippen LogP) is 0.496. The molecule has 0 fully saturated rings. The summed E-state index contributed by atoms with van der Waals surface area (Å²) in [5.41, 5.74) is 6.53. The average Bonchev–Trinajstić information content (AvgIpc) is 2.24. The van der Waals surface area contributed by atoms with Crippen LogP contribution in [0.25, 0.3) is 0 Å². The summed E-state index contributed by atoms with van der Waals surface area (Å²) in [5.74, 6) is 0. The van der Waals surface area contributed by atoms with Crippen LogP contribution in [0, 0.1) is 0 Å². The lowest BCUT2D eigenvalue weighted by Gasteiger charge is -1.81. The highest BCUT2D eigenvalue weighted by Gasteiger charge is 1.93. The second-order valence-corrected chi connectivity index (χ2v) is 1.31. The fourth-order valence-electron chi connectivity index (χ4n) is 0.342. The highest BCUT2D eigenvalue weighted by Crippen LogP contribution is 1.74. The van der Waals surface area contributed by atoms with Crippen molar-refractivity contribution >= 4 is 5.71 Å². The Morgan fingerprint density at radius 1 is 1.50 bits per heavy atom. The maximum absolute atomic E-state index is 3.79. The zero-order chi connectivity index (χ0) is 6.41. The van der Waals surface area contributed by atoms with E-state index in [0.717, 1.165) is 12.3 Å². The van der Waals surface area contributed by atoms with Crippen LogP contribution in [0.4, 0.5) is 0 Å². The molecule has 0 aliphatic carbocycles. The molecule has 3 nitrogen and oxygen atoms in total. The van der Waals surface area contributed by atoms with Crippen LogP contribution in [0.5, 0.6) is 0 Å². The first-order chi connectivity index (χ1) is 3.89. The van der Waals surface area contributed by atoms with E-state index >= 15 is 0 Å². The van der Waals surface area contributed by atoms with Crippen LogP contribution in [0.2, 0.25) is 0 Å². The SMILES string of the molecule is CC.CC1=NNNC1. The zero-order valence-corrected chi connectivity index (χ0v) is 5.65. The summed E-state index contributed by atoms with van der Waals surface area (Å²) >= 11 is 0. The van der Waals surface area contributed by atoms with Crippen LogP contribution >= 0.6 is 0 Å². The number of rotatable bonds is 0. The van der Waals surface area contributed by atoms with Gasteiger partial charge in [0.25, 0.3) is 0 Å². The lowest BCUT2D eigenvalue weighted by molar-refractivity contribution is 0.653. The van der Waals surface area contributed by atoms with Gasteiger partial charge in [-0.2, -0.15) is 5.10 Å². The molecule has 2 N–H and O–H groups in total. The number of hydrazine groups is 1. The third kappa shape index (κ3) is 2.58. The van der Waals surface area contributed by atoms with Crippen LogP contribution < -0.4 is 11.0 Å². The summed E-state index contributed by atoms with van der Waals surface area (Å²) in [5, 5.41) is 3.79. The van der Waals surface area contributed by atoms with Crippen molar-refractivity contribution in [1.29, 1.82) is 0 Å². The Bertz CT molecular complexity index is 77.7. The summed E-state index contributed by atoms with van der Waals surface area (Å²) < 4.78 is 0. The van der Waals surface area contributed by atoms with Crippen molar-refractivity contribution in [1.82, 2.24) is 11.0 Å². The number of nitrogens with one attached hydrogen (secondary N) is 2.